The largest absolute Gasteiger partial charge is 0.443 e. The van der Waals surface area contributed by atoms with Crippen molar-refractivity contribution in [1.82, 2.24) is 15.3 Å². The van der Waals surface area contributed by atoms with Gasteiger partial charge in [0.1, 0.15) is 11.4 Å². The Kier molecular flexibility index (Phi) is 4.39. The van der Waals surface area contributed by atoms with E-state index in [9.17, 15) is 9.18 Å². The minimum Gasteiger partial charge on any atom is -0.443 e. The zero-order valence-electron chi connectivity index (χ0n) is 16.0. The van der Waals surface area contributed by atoms with Gasteiger partial charge >= 0.3 is 6.09 Å². The van der Waals surface area contributed by atoms with Gasteiger partial charge in [0.05, 0.1) is 11.4 Å². The minimum absolute atomic E-state index is 0.301. The molecule has 1 aromatic rings. The molecular weight excluding hydrogens is 349 g/mol. The van der Waals surface area contributed by atoms with Crippen molar-refractivity contribution in [2.45, 2.75) is 51.4 Å². The number of hydroxylamine groups is 1. The summed E-state index contributed by atoms with van der Waals surface area (Å²) in [5.41, 5.74) is 4.01. The van der Waals surface area contributed by atoms with Crippen LogP contribution in [0.3, 0.4) is 0 Å². The number of hydrogen-bond donors (Lipinski definition) is 1. The predicted octanol–water partition coefficient (Wildman–Crippen LogP) is 3.46. The lowest BCUT2D eigenvalue weighted by molar-refractivity contribution is -0.132. The van der Waals surface area contributed by atoms with Crippen LogP contribution in [0.15, 0.2) is 30.0 Å². The fraction of sp³-hybridized carbons (Fsp3) is 0.550. The van der Waals surface area contributed by atoms with Crippen LogP contribution in [0.1, 0.15) is 45.6 Å². The van der Waals surface area contributed by atoms with Gasteiger partial charge in [0.2, 0.25) is 0 Å². The first kappa shape index (κ1) is 18.3. The Morgan fingerprint density at radius 1 is 1.19 bits per heavy atom. The minimum atomic E-state index is -0.683. The van der Waals surface area contributed by atoms with Crippen molar-refractivity contribution in [3.63, 3.8) is 0 Å². The maximum absolute atomic E-state index is 13.4. The van der Waals surface area contributed by atoms with E-state index < -0.39 is 11.3 Å². The van der Waals surface area contributed by atoms with Crippen molar-refractivity contribution >= 4 is 11.8 Å². The molecule has 7 heteroatoms. The second kappa shape index (κ2) is 6.49. The third-order valence-corrected chi connectivity index (χ3v) is 5.24. The zero-order valence-corrected chi connectivity index (χ0v) is 16.0. The Bertz CT molecular complexity index is 766. The Hall–Kier alpha value is -2.12. The molecule has 0 aliphatic carbocycles. The van der Waals surface area contributed by atoms with Gasteiger partial charge in [-0.25, -0.2) is 14.0 Å². The molecule has 1 atom stereocenters. The number of fused-ring (bicyclic) bond motifs is 1. The number of likely N-dealkylation sites (tertiary alicyclic amines) is 2. The number of benzene rings is 1. The summed E-state index contributed by atoms with van der Waals surface area (Å²) in [6, 6.07) is 6.21. The molecule has 27 heavy (non-hydrogen) atoms. The van der Waals surface area contributed by atoms with Gasteiger partial charge in [-0.15, -0.1) is 0 Å². The van der Waals surface area contributed by atoms with Crippen LogP contribution in [0.4, 0.5) is 9.18 Å². The molecule has 1 amide bonds. The molecule has 1 aromatic carbocycles. The number of ether oxygens (including phenoxy) is 1. The van der Waals surface area contributed by atoms with Crippen LogP contribution < -0.4 is 5.48 Å². The number of halogens is 1. The van der Waals surface area contributed by atoms with Gasteiger partial charge in [0.15, 0.2) is 5.72 Å². The van der Waals surface area contributed by atoms with Crippen molar-refractivity contribution in [3.05, 3.63) is 41.3 Å². The molecule has 6 nitrogen and oxygen atoms in total. The van der Waals surface area contributed by atoms with Gasteiger partial charge in [0, 0.05) is 31.6 Å². The Morgan fingerprint density at radius 3 is 2.48 bits per heavy atom. The van der Waals surface area contributed by atoms with E-state index in [1.165, 1.54) is 12.1 Å². The van der Waals surface area contributed by atoms with E-state index in [0.717, 1.165) is 37.2 Å². The number of amides is 1. The van der Waals surface area contributed by atoms with Crippen molar-refractivity contribution in [3.8, 4) is 0 Å². The van der Waals surface area contributed by atoms with Crippen LogP contribution >= 0.6 is 0 Å². The highest BCUT2D eigenvalue weighted by molar-refractivity contribution is 5.79. The molecule has 4 rings (SSSR count). The van der Waals surface area contributed by atoms with Crippen molar-refractivity contribution in [2.24, 2.45) is 0 Å². The van der Waals surface area contributed by atoms with Gasteiger partial charge in [-0.1, -0.05) is 0 Å². The average Bonchev–Trinajstić information content (AvgIpc) is 3.29. The van der Waals surface area contributed by atoms with Crippen LogP contribution in [0.2, 0.25) is 0 Å². The highest BCUT2D eigenvalue weighted by Gasteiger charge is 2.57. The molecule has 3 aliphatic heterocycles. The van der Waals surface area contributed by atoms with Crippen molar-refractivity contribution in [1.29, 1.82) is 0 Å². The summed E-state index contributed by atoms with van der Waals surface area (Å²) in [7, 11) is 0. The lowest BCUT2D eigenvalue weighted by Crippen LogP contribution is -2.49. The van der Waals surface area contributed by atoms with E-state index in [1.54, 1.807) is 17.0 Å². The second-order valence-corrected chi connectivity index (χ2v) is 8.30. The molecular formula is C20H26FN3O3. The molecule has 0 bridgehead atoms. The molecule has 2 saturated heterocycles. The maximum Gasteiger partial charge on any atom is 0.414 e. The second-order valence-electron chi connectivity index (χ2n) is 8.30. The molecule has 0 saturated carbocycles. The molecule has 0 radical (unpaired) electrons. The molecule has 1 N–H and O–H groups in total. The number of carbonyl (C=O) groups is 1. The Balaban J connectivity index is 1.77. The van der Waals surface area contributed by atoms with E-state index in [0.29, 0.717) is 18.7 Å². The van der Waals surface area contributed by atoms with Crippen LogP contribution in [0, 0.1) is 5.82 Å². The van der Waals surface area contributed by atoms with E-state index in [2.05, 4.69) is 10.4 Å². The summed E-state index contributed by atoms with van der Waals surface area (Å²) < 4.78 is 19.0. The first-order valence-corrected chi connectivity index (χ1v) is 9.50. The number of nitrogens with one attached hydrogen (secondary N) is 1. The van der Waals surface area contributed by atoms with Crippen LogP contribution in [-0.2, 0) is 9.57 Å². The standard InChI is InChI=1S/C20H26FN3O3/c1-19(2,3)26-18(25)24-13-10-20(23-11-4-5-12-23)17(24)16(22-27-20)14-6-8-15(21)9-7-14/h6-9,22H,4-5,10-13H2,1-3H3. The first-order chi connectivity index (χ1) is 12.8. The summed E-state index contributed by atoms with van der Waals surface area (Å²) in [6.45, 7) is 7.93. The number of nitrogens with zero attached hydrogens (tertiary/aromatic N) is 2. The van der Waals surface area contributed by atoms with E-state index >= 15 is 0 Å². The Labute approximate surface area is 158 Å². The fourth-order valence-corrected chi connectivity index (χ4v) is 4.08. The van der Waals surface area contributed by atoms with Crippen LogP contribution in [0.5, 0.6) is 0 Å². The van der Waals surface area contributed by atoms with Crippen LogP contribution in [-0.4, -0.2) is 46.9 Å². The lowest BCUT2D eigenvalue weighted by Gasteiger charge is -2.34. The molecule has 3 aliphatic rings. The van der Waals surface area contributed by atoms with Gasteiger partial charge in [0.25, 0.3) is 0 Å². The summed E-state index contributed by atoms with van der Waals surface area (Å²) >= 11 is 0. The van der Waals surface area contributed by atoms with Gasteiger partial charge < -0.3 is 4.74 Å². The Morgan fingerprint density at radius 2 is 1.85 bits per heavy atom. The summed E-state index contributed by atoms with van der Waals surface area (Å²) in [6.07, 6.45) is 2.50. The third kappa shape index (κ3) is 3.19. The monoisotopic (exact) mass is 375 g/mol. The topological polar surface area (TPSA) is 54.0 Å². The number of hydrogen-bond acceptors (Lipinski definition) is 5. The highest BCUT2D eigenvalue weighted by Crippen LogP contribution is 2.47. The first-order valence-electron chi connectivity index (χ1n) is 9.50. The SMILES string of the molecule is CC(C)(C)OC(=O)N1CCC2(N3CCCC3)ONC(c3ccc(F)cc3)=C12. The van der Waals surface area contributed by atoms with E-state index in [4.69, 9.17) is 9.57 Å². The maximum atomic E-state index is 13.4. The van der Waals surface area contributed by atoms with E-state index in [1.807, 2.05) is 20.8 Å². The molecule has 146 valence electrons. The van der Waals surface area contributed by atoms with Gasteiger partial charge in [-0.2, -0.15) is 0 Å². The number of carbonyl (C=O) groups excluding carboxylic acids is 1. The average molecular weight is 375 g/mol. The van der Waals surface area contributed by atoms with Gasteiger partial charge in [-0.3, -0.25) is 15.3 Å². The molecule has 1 unspecified atom stereocenters. The van der Waals surface area contributed by atoms with Crippen molar-refractivity contribution < 1.29 is 18.8 Å². The predicted molar refractivity (Wildman–Crippen MR) is 98.6 cm³/mol. The smallest absolute Gasteiger partial charge is 0.414 e. The molecule has 2 fully saturated rings. The summed E-state index contributed by atoms with van der Waals surface area (Å²) in [5, 5.41) is 0. The molecule has 0 spiro atoms. The summed E-state index contributed by atoms with van der Waals surface area (Å²) in [5.74, 6) is -0.301. The van der Waals surface area contributed by atoms with E-state index in [-0.39, 0.29) is 11.9 Å². The van der Waals surface area contributed by atoms with Crippen molar-refractivity contribution in [2.75, 3.05) is 19.6 Å². The molecule has 0 aromatic heterocycles. The lowest BCUT2D eigenvalue weighted by atomic mass is 10.0. The highest BCUT2D eigenvalue weighted by atomic mass is 19.1. The summed E-state index contributed by atoms with van der Waals surface area (Å²) in [4.78, 5) is 23.0. The normalized spacial score (nSPS) is 25.7. The third-order valence-electron chi connectivity index (χ3n) is 5.24. The quantitative estimate of drug-likeness (QED) is 0.858. The van der Waals surface area contributed by atoms with Gasteiger partial charge in [-0.05, 0) is 57.9 Å². The van der Waals surface area contributed by atoms with Crippen LogP contribution in [0.25, 0.3) is 5.70 Å². The fourth-order valence-electron chi connectivity index (χ4n) is 4.08. The molecule has 3 heterocycles. The number of rotatable bonds is 2. The zero-order chi connectivity index (χ0) is 19.2.